The Bertz CT molecular complexity index is 777. The predicted octanol–water partition coefficient (Wildman–Crippen LogP) is 4.87. The van der Waals surface area contributed by atoms with Crippen molar-refractivity contribution in [2.75, 3.05) is 10.6 Å². The lowest BCUT2D eigenvalue weighted by molar-refractivity contribution is 0.628. The van der Waals surface area contributed by atoms with Crippen molar-refractivity contribution in [3.8, 4) is 0 Å². The number of rotatable bonds is 4. The van der Waals surface area contributed by atoms with E-state index in [-0.39, 0.29) is 5.82 Å². The van der Waals surface area contributed by atoms with E-state index in [1.807, 2.05) is 24.3 Å². The molecule has 0 radical (unpaired) electrons. The van der Waals surface area contributed by atoms with Gasteiger partial charge in [-0.15, -0.1) is 0 Å². The van der Waals surface area contributed by atoms with E-state index in [2.05, 4.69) is 36.5 Å². The minimum Gasteiger partial charge on any atom is -0.340 e. The van der Waals surface area contributed by atoms with Crippen LogP contribution in [0.2, 0.25) is 0 Å². The normalized spacial score (nSPS) is 10.3. The first kappa shape index (κ1) is 14.5. The van der Waals surface area contributed by atoms with Gasteiger partial charge in [-0.05, 0) is 48.5 Å². The highest BCUT2D eigenvalue weighted by Gasteiger charge is 2.01. The average Bonchev–Trinajstić information content (AvgIpc) is 2.50. The number of hydrogen-bond donors (Lipinski definition) is 2. The van der Waals surface area contributed by atoms with E-state index < -0.39 is 0 Å². The summed E-state index contributed by atoms with van der Waals surface area (Å²) in [7, 11) is 0. The van der Waals surface area contributed by atoms with Gasteiger partial charge in [-0.2, -0.15) is 4.98 Å². The number of aromatic nitrogens is 2. The maximum Gasteiger partial charge on any atom is 0.229 e. The molecule has 110 valence electrons. The van der Waals surface area contributed by atoms with Gasteiger partial charge >= 0.3 is 0 Å². The van der Waals surface area contributed by atoms with Gasteiger partial charge in [0.25, 0.3) is 0 Å². The zero-order chi connectivity index (χ0) is 15.4. The van der Waals surface area contributed by atoms with Gasteiger partial charge in [-0.25, -0.2) is 9.37 Å². The summed E-state index contributed by atoms with van der Waals surface area (Å²) >= 11 is 3.42. The van der Waals surface area contributed by atoms with Crippen molar-refractivity contribution in [1.82, 2.24) is 9.97 Å². The molecule has 0 aliphatic heterocycles. The van der Waals surface area contributed by atoms with E-state index in [1.54, 1.807) is 24.4 Å². The number of halogens is 2. The Balaban J connectivity index is 1.76. The topological polar surface area (TPSA) is 49.8 Å². The molecular weight excluding hydrogens is 347 g/mol. The van der Waals surface area contributed by atoms with Gasteiger partial charge < -0.3 is 10.6 Å². The van der Waals surface area contributed by atoms with Crippen molar-refractivity contribution in [2.24, 2.45) is 0 Å². The fourth-order valence-electron chi connectivity index (χ4n) is 1.86. The largest absolute Gasteiger partial charge is 0.340 e. The molecule has 0 aliphatic rings. The molecule has 0 unspecified atom stereocenters. The van der Waals surface area contributed by atoms with Crippen molar-refractivity contribution in [2.45, 2.75) is 0 Å². The summed E-state index contributed by atoms with van der Waals surface area (Å²) in [6.45, 7) is 0. The van der Waals surface area contributed by atoms with Crippen molar-refractivity contribution in [1.29, 1.82) is 0 Å². The first-order valence-corrected chi connectivity index (χ1v) is 7.36. The third kappa shape index (κ3) is 3.79. The second-order valence-electron chi connectivity index (χ2n) is 4.53. The Morgan fingerprint density at radius 2 is 1.73 bits per heavy atom. The number of nitrogens with zero attached hydrogens (tertiary/aromatic N) is 2. The van der Waals surface area contributed by atoms with Gasteiger partial charge in [0.05, 0.1) is 0 Å². The van der Waals surface area contributed by atoms with Gasteiger partial charge in [0, 0.05) is 22.0 Å². The minimum absolute atomic E-state index is 0.273. The van der Waals surface area contributed by atoms with E-state index >= 15 is 0 Å². The highest BCUT2D eigenvalue weighted by molar-refractivity contribution is 9.10. The number of hydrogen-bond acceptors (Lipinski definition) is 4. The Hall–Kier alpha value is -2.47. The molecule has 0 atom stereocenters. The molecule has 22 heavy (non-hydrogen) atoms. The van der Waals surface area contributed by atoms with Crippen LogP contribution in [-0.4, -0.2) is 9.97 Å². The molecular formula is C16H12BrFN4. The van der Waals surface area contributed by atoms with Crippen molar-refractivity contribution < 1.29 is 4.39 Å². The molecule has 0 bridgehead atoms. The zero-order valence-corrected chi connectivity index (χ0v) is 13.0. The summed E-state index contributed by atoms with van der Waals surface area (Å²) in [5.74, 6) is 0.828. The average molecular weight is 359 g/mol. The molecule has 0 fully saturated rings. The summed E-state index contributed by atoms with van der Waals surface area (Å²) in [5, 5.41) is 6.23. The monoisotopic (exact) mass is 358 g/mol. The first-order valence-electron chi connectivity index (χ1n) is 6.57. The van der Waals surface area contributed by atoms with Crippen LogP contribution in [0, 0.1) is 5.82 Å². The maximum atomic E-state index is 12.9. The van der Waals surface area contributed by atoms with E-state index in [0.717, 1.165) is 15.8 Å². The van der Waals surface area contributed by atoms with E-state index in [4.69, 9.17) is 0 Å². The van der Waals surface area contributed by atoms with E-state index in [9.17, 15) is 4.39 Å². The molecule has 4 nitrogen and oxygen atoms in total. The molecule has 2 aromatic carbocycles. The maximum absolute atomic E-state index is 12.9. The van der Waals surface area contributed by atoms with Crippen LogP contribution >= 0.6 is 15.9 Å². The van der Waals surface area contributed by atoms with Crippen LogP contribution in [0.1, 0.15) is 0 Å². The quantitative estimate of drug-likeness (QED) is 0.698. The number of nitrogens with one attached hydrogen (secondary N) is 2. The summed E-state index contributed by atoms with van der Waals surface area (Å²) in [5.41, 5.74) is 1.64. The van der Waals surface area contributed by atoms with E-state index in [1.165, 1.54) is 12.1 Å². The fraction of sp³-hybridized carbons (Fsp3) is 0. The van der Waals surface area contributed by atoms with Crippen LogP contribution < -0.4 is 10.6 Å². The third-order valence-corrected chi connectivity index (χ3v) is 3.35. The standard InChI is InChI=1S/C16H12BrFN4/c17-11-2-1-3-14(10-11)21-16-19-9-8-15(22-16)20-13-6-4-12(18)5-7-13/h1-10H,(H2,19,20,21,22). The second kappa shape index (κ2) is 6.53. The lowest BCUT2D eigenvalue weighted by Crippen LogP contribution is -2.00. The molecule has 1 aromatic heterocycles. The highest BCUT2D eigenvalue weighted by atomic mass is 79.9. The zero-order valence-electron chi connectivity index (χ0n) is 11.4. The van der Waals surface area contributed by atoms with Crippen LogP contribution in [0.5, 0.6) is 0 Å². The third-order valence-electron chi connectivity index (χ3n) is 2.85. The molecule has 3 aromatic rings. The molecule has 0 spiro atoms. The van der Waals surface area contributed by atoms with E-state index in [0.29, 0.717) is 11.8 Å². The minimum atomic E-state index is -0.273. The van der Waals surface area contributed by atoms with Crippen LogP contribution in [0.25, 0.3) is 0 Å². The second-order valence-corrected chi connectivity index (χ2v) is 5.45. The summed E-state index contributed by atoms with van der Waals surface area (Å²) < 4.78 is 13.9. The van der Waals surface area contributed by atoms with Gasteiger partial charge in [0.2, 0.25) is 5.95 Å². The fourth-order valence-corrected chi connectivity index (χ4v) is 2.26. The SMILES string of the molecule is Fc1ccc(Nc2ccnc(Nc3cccc(Br)c3)n2)cc1. The molecule has 0 saturated heterocycles. The van der Waals surface area contributed by atoms with Gasteiger partial charge in [0.1, 0.15) is 11.6 Å². The van der Waals surface area contributed by atoms with Crippen LogP contribution in [0.15, 0.2) is 65.3 Å². The predicted molar refractivity (Wildman–Crippen MR) is 89.1 cm³/mol. The summed E-state index contributed by atoms with van der Waals surface area (Å²) in [6, 6.07) is 15.6. The Morgan fingerprint density at radius 3 is 2.50 bits per heavy atom. The van der Waals surface area contributed by atoms with Crippen molar-refractivity contribution >= 4 is 39.1 Å². The first-order chi connectivity index (χ1) is 10.7. The van der Waals surface area contributed by atoms with Crippen LogP contribution in [0.3, 0.4) is 0 Å². The van der Waals surface area contributed by atoms with Crippen LogP contribution in [-0.2, 0) is 0 Å². The molecule has 0 amide bonds. The Morgan fingerprint density at radius 1 is 0.909 bits per heavy atom. The Kier molecular flexibility index (Phi) is 4.29. The van der Waals surface area contributed by atoms with Crippen LogP contribution in [0.4, 0.5) is 27.5 Å². The Labute approximate surface area is 135 Å². The lowest BCUT2D eigenvalue weighted by Gasteiger charge is -2.08. The molecule has 2 N–H and O–H groups in total. The summed E-state index contributed by atoms with van der Waals surface area (Å²) in [4.78, 5) is 8.56. The summed E-state index contributed by atoms with van der Waals surface area (Å²) in [6.07, 6.45) is 1.65. The smallest absolute Gasteiger partial charge is 0.229 e. The molecule has 0 saturated carbocycles. The number of anilines is 4. The highest BCUT2D eigenvalue weighted by Crippen LogP contribution is 2.20. The molecule has 1 heterocycles. The molecule has 3 rings (SSSR count). The van der Waals surface area contributed by atoms with Crippen molar-refractivity contribution in [3.05, 3.63) is 71.1 Å². The molecule has 6 heteroatoms. The van der Waals surface area contributed by atoms with Gasteiger partial charge in [0.15, 0.2) is 0 Å². The lowest BCUT2D eigenvalue weighted by atomic mass is 10.3. The van der Waals surface area contributed by atoms with Crippen molar-refractivity contribution in [3.63, 3.8) is 0 Å². The molecule has 0 aliphatic carbocycles. The number of benzene rings is 2. The van der Waals surface area contributed by atoms with Gasteiger partial charge in [-0.1, -0.05) is 22.0 Å². The van der Waals surface area contributed by atoms with Gasteiger partial charge in [-0.3, -0.25) is 0 Å².